The zero-order chi connectivity index (χ0) is 13.3. The van der Waals surface area contributed by atoms with E-state index < -0.39 is 0 Å². The maximum atomic E-state index is 5.01. The Morgan fingerprint density at radius 2 is 2.16 bits per heavy atom. The van der Waals surface area contributed by atoms with Crippen LogP contribution in [0.2, 0.25) is 0 Å². The third-order valence-corrected chi connectivity index (χ3v) is 5.95. The third-order valence-electron chi connectivity index (χ3n) is 4.58. The summed E-state index contributed by atoms with van der Waals surface area (Å²) in [6, 6.07) is 0. The topological polar surface area (TPSA) is 28.2 Å². The van der Waals surface area contributed by atoms with E-state index in [2.05, 4.69) is 24.2 Å². The SMILES string of the molecule is CCNC1(c2nc3c(s2)CCC3)CCCN(C)CC1. The summed E-state index contributed by atoms with van der Waals surface area (Å²) in [5.74, 6) is 0. The summed E-state index contributed by atoms with van der Waals surface area (Å²) in [6.45, 7) is 5.65. The fourth-order valence-corrected chi connectivity index (χ4v) is 4.84. The number of rotatable bonds is 3. The Balaban J connectivity index is 1.89. The van der Waals surface area contributed by atoms with Gasteiger partial charge in [-0.15, -0.1) is 11.3 Å². The summed E-state index contributed by atoms with van der Waals surface area (Å²) >= 11 is 1.99. The number of hydrogen-bond acceptors (Lipinski definition) is 4. The molecule has 0 amide bonds. The van der Waals surface area contributed by atoms with Crippen LogP contribution in [0.1, 0.15) is 48.2 Å². The average molecular weight is 279 g/mol. The van der Waals surface area contributed by atoms with Crippen molar-refractivity contribution >= 4 is 11.3 Å². The minimum absolute atomic E-state index is 0.147. The van der Waals surface area contributed by atoms with Crippen LogP contribution in [0.3, 0.4) is 0 Å². The lowest BCUT2D eigenvalue weighted by Gasteiger charge is -2.31. The summed E-state index contributed by atoms with van der Waals surface area (Å²) in [4.78, 5) is 9.03. The van der Waals surface area contributed by atoms with Gasteiger partial charge < -0.3 is 10.2 Å². The zero-order valence-corrected chi connectivity index (χ0v) is 13.0. The maximum absolute atomic E-state index is 5.01. The van der Waals surface area contributed by atoms with E-state index in [9.17, 15) is 0 Å². The number of thiazole rings is 1. The van der Waals surface area contributed by atoms with Crippen LogP contribution in [0.4, 0.5) is 0 Å². The lowest BCUT2D eigenvalue weighted by molar-refractivity contribution is 0.284. The molecule has 1 atom stereocenters. The molecule has 19 heavy (non-hydrogen) atoms. The lowest BCUT2D eigenvalue weighted by Crippen LogP contribution is -2.43. The van der Waals surface area contributed by atoms with Crippen molar-refractivity contribution in [1.29, 1.82) is 0 Å². The van der Waals surface area contributed by atoms with Crippen LogP contribution < -0.4 is 5.32 Å². The molecule has 3 rings (SSSR count). The Labute approximate surface area is 120 Å². The van der Waals surface area contributed by atoms with Crippen LogP contribution in [0.25, 0.3) is 0 Å². The van der Waals surface area contributed by atoms with E-state index in [1.165, 1.54) is 62.3 Å². The first-order valence-electron chi connectivity index (χ1n) is 7.66. The molecule has 0 bridgehead atoms. The number of nitrogens with zero attached hydrogens (tertiary/aromatic N) is 2. The van der Waals surface area contributed by atoms with Crippen molar-refractivity contribution in [2.45, 2.75) is 51.0 Å². The predicted molar refractivity (Wildman–Crippen MR) is 80.8 cm³/mol. The minimum atomic E-state index is 0.147. The molecule has 1 fully saturated rings. The van der Waals surface area contributed by atoms with Crippen LogP contribution in [-0.4, -0.2) is 36.6 Å². The van der Waals surface area contributed by atoms with Crippen molar-refractivity contribution in [1.82, 2.24) is 15.2 Å². The molecule has 0 saturated carbocycles. The molecule has 0 spiro atoms. The standard InChI is InChI=1S/C15H25N3S/c1-3-16-15(8-5-10-18(2)11-9-15)14-17-12-6-4-7-13(12)19-14/h16H,3-11H2,1-2H3. The number of fused-ring (bicyclic) bond motifs is 1. The molecule has 1 saturated heterocycles. The van der Waals surface area contributed by atoms with Crippen molar-refractivity contribution in [3.8, 4) is 0 Å². The molecule has 0 aromatic carbocycles. The minimum Gasteiger partial charge on any atom is -0.306 e. The number of aryl methyl sites for hydroxylation is 2. The van der Waals surface area contributed by atoms with Crippen molar-refractivity contribution in [3.05, 3.63) is 15.6 Å². The highest BCUT2D eigenvalue weighted by Crippen LogP contribution is 2.38. The number of aromatic nitrogens is 1. The van der Waals surface area contributed by atoms with Crippen LogP contribution in [0.15, 0.2) is 0 Å². The third kappa shape index (κ3) is 2.58. The van der Waals surface area contributed by atoms with E-state index >= 15 is 0 Å². The first-order chi connectivity index (χ1) is 9.23. The van der Waals surface area contributed by atoms with E-state index in [1.54, 1.807) is 4.88 Å². The van der Waals surface area contributed by atoms with Crippen molar-refractivity contribution in [2.24, 2.45) is 0 Å². The largest absolute Gasteiger partial charge is 0.306 e. The van der Waals surface area contributed by atoms with Gasteiger partial charge in [0.15, 0.2) is 0 Å². The quantitative estimate of drug-likeness (QED) is 0.921. The van der Waals surface area contributed by atoms with Gasteiger partial charge in [-0.2, -0.15) is 0 Å². The first-order valence-corrected chi connectivity index (χ1v) is 8.48. The summed E-state index contributed by atoms with van der Waals surface area (Å²) in [7, 11) is 2.24. The van der Waals surface area contributed by atoms with Crippen LogP contribution in [0, 0.1) is 0 Å². The Kier molecular flexibility index (Phi) is 3.92. The highest BCUT2D eigenvalue weighted by molar-refractivity contribution is 7.12. The van der Waals surface area contributed by atoms with Crippen molar-refractivity contribution < 1.29 is 0 Å². The number of hydrogen-bond donors (Lipinski definition) is 1. The summed E-state index contributed by atoms with van der Waals surface area (Å²) in [5, 5.41) is 5.15. The predicted octanol–water partition coefficient (Wildman–Crippen LogP) is 2.55. The van der Waals surface area contributed by atoms with Crippen molar-refractivity contribution in [2.75, 3.05) is 26.7 Å². The van der Waals surface area contributed by atoms with Gasteiger partial charge in [-0.3, -0.25) is 0 Å². The molecule has 0 radical (unpaired) electrons. The van der Waals surface area contributed by atoms with Gasteiger partial charge in [-0.25, -0.2) is 4.98 Å². The van der Waals surface area contributed by atoms with E-state index in [0.717, 1.165) is 6.54 Å². The molecule has 4 heteroatoms. The molecule has 106 valence electrons. The van der Waals surface area contributed by atoms with Gasteiger partial charge in [0.25, 0.3) is 0 Å². The molecule has 1 aliphatic heterocycles. The van der Waals surface area contributed by atoms with Crippen molar-refractivity contribution in [3.63, 3.8) is 0 Å². The first kappa shape index (κ1) is 13.5. The second kappa shape index (κ2) is 5.51. The fourth-order valence-electron chi connectivity index (χ4n) is 3.47. The van der Waals surface area contributed by atoms with Gasteiger partial charge in [-0.1, -0.05) is 6.92 Å². The highest BCUT2D eigenvalue weighted by Gasteiger charge is 2.37. The van der Waals surface area contributed by atoms with Gasteiger partial charge >= 0.3 is 0 Å². The Hall–Kier alpha value is -0.450. The van der Waals surface area contributed by atoms with Crippen LogP contribution >= 0.6 is 11.3 Å². The van der Waals surface area contributed by atoms with E-state index in [0.29, 0.717) is 0 Å². The maximum Gasteiger partial charge on any atom is 0.113 e. The molecular formula is C15H25N3S. The van der Waals surface area contributed by atoms with Gasteiger partial charge in [0.1, 0.15) is 5.01 Å². The Morgan fingerprint density at radius 1 is 1.26 bits per heavy atom. The molecule has 1 N–H and O–H groups in total. The molecule has 1 aromatic rings. The Morgan fingerprint density at radius 3 is 2.95 bits per heavy atom. The van der Waals surface area contributed by atoms with E-state index in [1.807, 2.05) is 11.3 Å². The van der Waals surface area contributed by atoms with E-state index in [4.69, 9.17) is 4.98 Å². The molecule has 2 heterocycles. The average Bonchev–Trinajstić information content (AvgIpc) is 2.92. The number of likely N-dealkylation sites (tertiary alicyclic amines) is 1. The molecule has 3 nitrogen and oxygen atoms in total. The van der Waals surface area contributed by atoms with Gasteiger partial charge in [0, 0.05) is 11.4 Å². The molecule has 1 aromatic heterocycles. The summed E-state index contributed by atoms with van der Waals surface area (Å²) in [5.41, 5.74) is 1.55. The second-order valence-corrected chi connectivity index (χ2v) is 7.10. The zero-order valence-electron chi connectivity index (χ0n) is 12.2. The van der Waals surface area contributed by atoms with E-state index in [-0.39, 0.29) is 5.54 Å². The normalized spacial score (nSPS) is 28.3. The van der Waals surface area contributed by atoms with Crippen LogP contribution in [-0.2, 0) is 18.4 Å². The molecule has 1 aliphatic carbocycles. The number of nitrogens with one attached hydrogen (secondary N) is 1. The molecular weight excluding hydrogens is 254 g/mol. The highest BCUT2D eigenvalue weighted by atomic mass is 32.1. The summed E-state index contributed by atoms with van der Waals surface area (Å²) < 4.78 is 0. The van der Waals surface area contributed by atoms with Crippen LogP contribution in [0.5, 0.6) is 0 Å². The monoisotopic (exact) mass is 279 g/mol. The fraction of sp³-hybridized carbons (Fsp3) is 0.800. The lowest BCUT2D eigenvalue weighted by atomic mass is 9.91. The Bertz CT molecular complexity index is 421. The second-order valence-electron chi connectivity index (χ2n) is 6.01. The van der Waals surface area contributed by atoms with Gasteiger partial charge in [-0.05, 0) is 58.7 Å². The van der Waals surface area contributed by atoms with Gasteiger partial charge in [0.2, 0.25) is 0 Å². The molecule has 1 unspecified atom stereocenters. The smallest absolute Gasteiger partial charge is 0.113 e. The summed E-state index contributed by atoms with van der Waals surface area (Å²) in [6.07, 6.45) is 7.48. The molecule has 2 aliphatic rings. The van der Waals surface area contributed by atoms with Gasteiger partial charge in [0.05, 0.1) is 11.2 Å².